The van der Waals surface area contributed by atoms with Crippen LogP contribution in [0.15, 0.2) is 45.3 Å². The fraction of sp³-hybridized carbons (Fsp3) is 0.543. The van der Waals surface area contributed by atoms with Gasteiger partial charge in [0.1, 0.15) is 0 Å². The van der Waals surface area contributed by atoms with Crippen molar-refractivity contribution in [2.24, 2.45) is 0 Å². The molecule has 0 unspecified atom stereocenters. The highest BCUT2D eigenvalue weighted by Gasteiger charge is 2.46. The summed E-state index contributed by atoms with van der Waals surface area (Å²) in [6.07, 6.45) is 6.29. The van der Waals surface area contributed by atoms with Gasteiger partial charge in [-0.1, -0.05) is 51.4 Å². The minimum absolute atomic E-state index is 0. The summed E-state index contributed by atoms with van der Waals surface area (Å²) in [5.41, 5.74) is 1.76. The van der Waals surface area contributed by atoms with Gasteiger partial charge < -0.3 is 19.3 Å². The predicted molar refractivity (Wildman–Crippen MR) is 187 cm³/mol. The van der Waals surface area contributed by atoms with E-state index in [0.717, 1.165) is 56.9 Å². The molecule has 2 aromatic rings. The molecule has 0 heterocycles. The fourth-order valence-corrected chi connectivity index (χ4v) is 6.17. The molecule has 0 aromatic heterocycles. The second kappa shape index (κ2) is 20.2. The van der Waals surface area contributed by atoms with Gasteiger partial charge in [-0.3, -0.25) is 9.59 Å². The molecular formula is C35H47Br2ClO8. The Labute approximate surface area is 295 Å². The summed E-state index contributed by atoms with van der Waals surface area (Å²) >= 11 is 12.0. The molecule has 0 bridgehead atoms. The standard InChI is InChI=1S/C17H21BrO4.C9H8BrClO.C8H14O3.CH4/c1-3-21-16(20)17(8-4-5-9-17)22-15(19)11-13-10-14(18)7-6-12(13)2;1-6-2-3-8(10)4-7(6)5-9(11)12;1-2-11-7(9)8(10)5-3-4-6-8;/h6-7,10H,3-5,8-9,11H2,1-2H3;2-4H,5H2,1H3;10H,2-6H2,1H3;1H4. The van der Waals surface area contributed by atoms with Crippen LogP contribution in [0.25, 0.3) is 0 Å². The molecule has 2 aromatic carbocycles. The first kappa shape index (κ1) is 41.8. The maximum Gasteiger partial charge on any atom is 0.350 e. The molecule has 8 nitrogen and oxygen atoms in total. The van der Waals surface area contributed by atoms with Gasteiger partial charge in [-0.2, -0.15) is 0 Å². The normalized spacial score (nSPS) is 15.6. The summed E-state index contributed by atoms with van der Waals surface area (Å²) in [7, 11) is 0. The maximum absolute atomic E-state index is 12.3. The lowest BCUT2D eigenvalue weighted by atomic mass is 10.0. The third-order valence-corrected chi connectivity index (χ3v) is 8.86. The summed E-state index contributed by atoms with van der Waals surface area (Å²) in [5.74, 6) is -1.24. The molecule has 1 N–H and O–H groups in total. The molecule has 2 saturated carbocycles. The van der Waals surface area contributed by atoms with Crippen molar-refractivity contribution >= 4 is 66.6 Å². The summed E-state index contributed by atoms with van der Waals surface area (Å²) in [5, 5.41) is 9.29. The third kappa shape index (κ3) is 13.1. The van der Waals surface area contributed by atoms with E-state index in [4.69, 9.17) is 25.8 Å². The largest absolute Gasteiger partial charge is 0.464 e. The number of rotatable bonds is 9. The zero-order valence-electron chi connectivity index (χ0n) is 26.4. The van der Waals surface area contributed by atoms with Gasteiger partial charge >= 0.3 is 17.9 Å². The molecule has 0 aliphatic heterocycles. The fourth-order valence-electron chi connectivity index (χ4n) is 5.21. The Kier molecular flexibility index (Phi) is 18.3. The van der Waals surface area contributed by atoms with Gasteiger partial charge in [-0.25, -0.2) is 9.59 Å². The first-order chi connectivity index (χ1) is 21.2. The van der Waals surface area contributed by atoms with E-state index in [-0.39, 0.29) is 25.1 Å². The summed E-state index contributed by atoms with van der Waals surface area (Å²) in [6, 6.07) is 11.6. The van der Waals surface area contributed by atoms with Crippen LogP contribution in [0.2, 0.25) is 0 Å². The zero-order chi connectivity index (χ0) is 33.6. The molecule has 0 spiro atoms. The van der Waals surface area contributed by atoms with Crippen molar-refractivity contribution in [2.75, 3.05) is 13.2 Å². The lowest BCUT2D eigenvalue weighted by Crippen LogP contribution is -2.42. The highest BCUT2D eigenvalue weighted by Crippen LogP contribution is 2.35. The van der Waals surface area contributed by atoms with E-state index in [1.807, 2.05) is 50.2 Å². The van der Waals surface area contributed by atoms with E-state index >= 15 is 0 Å². The third-order valence-electron chi connectivity index (χ3n) is 7.74. The topological polar surface area (TPSA) is 116 Å². The minimum Gasteiger partial charge on any atom is -0.464 e. The number of ether oxygens (including phenoxy) is 3. The number of carbonyl (C=O) groups excluding carboxylic acids is 4. The molecule has 2 fully saturated rings. The average Bonchev–Trinajstić information content (AvgIpc) is 3.64. The smallest absolute Gasteiger partial charge is 0.350 e. The molecule has 0 atom stereocenters. The molecule has 11 heteroatoms. The van der Waals surface area contributed by atoms with Crippen LogP contribution >= 0.6 is 43.5 Å². The van der Waals surface area contributed by atoms with E-state index in [0.29, 0.717) is 45.3 Å². The van der Waals surface area contributed by atoms with Crippen molar-refractivity contribution in [3.05, 3.63) is 67.6 Å². The lowest BCUT2D eigenvalue weighted by molar-refractivity contribution is -0.181. The average molecular weight is 791 g/mol. The predicted octanol–water partition coefficient (Wildman–Crippen LogP) is 8.28. The molecule has 46 heavy (non-hydrogen) atoms. The van der Waals surface area contributed by atoms with Crippen molar-refractivity contribution in [1.29, 1.82) is 0 Å². The summed E-state index contributed by atoms with van der Waals surface area (Å²) in [4.78, 5) is 46.2. The highest BCUT2D eigenvalue weighted by atomic mass is 79.9. The molecule has 4 rings (SSSR count). The molecule has 0 amide bonds. The van der Waals surface area contributed by atoms with Crippen LogP contribution in [0, 0.1) is 13.8 Å². The maximum atomic E-state index is 12.3. The van der Waals surface area contributed by atoms with Gasteiger partial charge in [0.2, 0.25) is 10.8 Å². The molecule has 2 aliphatic carbocycles. The van der Waals surface area contributed by atoms with Crippen LogP contribution in [0.5, 0.6) is 0 Å². The van der Waals surface area contributed by atoms with E-state index in [1.54, 1.807) is 13.8 Å². The van der Waals surface area contributed by atoms with Crippen molar-refractivity contribution < 1.29 is 38.5 Å². The van der Waals surface area contributed by atoms with Crippen LogP contribution in [-0.2, 0) is 46.2 Å². The van der Waals surface area contributed by atoms with E-state index in [9.17, 15) is 24.3 Å². The lowest BCUT2D eigenvalue weighted by Gasteiger charge is -2.26. The van der Waals surface area contributed by atoms with Crippen molar-refractivity contribution in [2.45, 2.75) is 111 Å². The quantitative estimate of drug-likeness (QED) is 0.153. The number of hydrogen-bond donors (Lipinski definition) is 1. The van der Waals surface area contributed by atoms with E-state index < -0.39 is 23.1 Å². The van der Waals surface area contributed by atoms with E-state index in [2.05, 4.69) is 31.9 Å². The Balaban J connectivity index is 0.000000374. The Bertz CT molecular complexity index is 1320. The number of halogens is 3. The van der Waals surface area contributed by atoms with Gasteiger partial charge in [0, 0.05) is 15.4 Å². The van der Waals surface area contributed by atoms with Crippen molar-refractivity contribution in [3.63, 3.8) is 0 Å². The Hall–Kier alpha value is -2.27. The van der Waals surface area contributed by atoms with Gasteiger partial charge in [-0.05, 0) is 137 Å². The Morgan fingerprint density at radius 1 is 0.761 bits per heavy atom. The monoisotopic (exact) mass is 788 g/mol. The molecule has 0 saturated heterocycles. The zero-order valence-corrected chi connectivity index (χ0v) is 30.3. The number of esters is 3. The van der Waals surface area contributed by atoms with Crippen molar-refractivity contribution in [1.82, 2.24) is 0 Å². The molecule has 2 aliphatic rings. The van der Waals surface area contributed by atoms with Crippen molar-refractivity contribution in [3.8, 4) is 0 Å². The van der Waals surface area contributed by atoms with Crippen LogP contribution in [0.1, 0.15) is 94.9 Å². The first-order valence-corrected chi connectivity index (χ1v) is 17.2. The second-order valence-electron chi connectivity index (χ2n) is 11.2. The second-order valence-corrected chi connectivity index (χ2v) is 13.5. The SMILES string of the molecule is C.CCOC(=O)C1(O)CCCC1.CCOC(=O)C1(OC(=O)Cc2cc(Br)ccc2C)CCCC1.Cc1ccc(Br)cc1CC(=O)Cl. The Morgan fingerprint density at radius 2 is 1.20 bits per heavy atom. The molecule has 256 valence electrons. The molecule has 0 radical (unpaired) electrons. The van der Waals surface area contributed by atoms with Gasteiger partial charge in [0.15, 0.2) is 5.60 Å². The summed E-state index contributed by atoms with van der Waals surface area (Å²) in [6.45, 7) is 8.06. The summed E-state index contributed by atoms with van der Waals surface area (Å²) < 4.78 is 17.3. The Morgan fingerprint density at radius 3 is 1.65 bits per heavy atom. The van der Waals surface area contributed by atoms with Crippen LogP contribution < -0.4 is 0 Å². The number of hydrogen-bond acceptors (Lipinski definition) is 8. The highest BCUT2D eigenvalue weighted by molar-refractivity contribution is 9.10. The minimum atomic E-state index is -1.16. The number of carbonyl (C=O) groups is 4. The van der Waals surface area contributed by atoms with Crippen LogP contribution in [0.3, 0.4) is 0 Å². The van der Waals surface area contributed by atoms with Crippen LogP contribution in [0.4, 0.5) is 0 Å². The first-order valence-electron chi connectivity index (χ1n) is 15.2. The van der Waals surface area contributed by atoms with Gasteiger partial charge in [-0.15, -0.1) is 0 Å². The number of aryl methyl sites for hydroxylation is 2. The van der Waals surface area contributed by atoms with E-state index in [1.165, 1.54) is 0 Å². The van der Waals surface area contributed by atoms with Crippen LogP contribution in [-0.4, -0.2) is 52.7 Å². The van der Waals surface area contributed by atoms with Gasteiger partial charge in [0.05, 0.1) is 19.6 Å². The number of aliphatic hydroxyl groups is 1. The van der Waals surface area contributed by atoms with Gasteiger partial charge in [0.25, 0.3) is 0 Å². The number of benzene rings is 2. The molecular weight excluding hydrogens is 744 g/mol.